The van der Waals surface area contributed by atoms with E-state index in [9.17, 15) is 0 Å². The van der Waals surface area contributed by atoms with E-state index in [0.29, 0.717) is 11.4 Å². The molecule has 0 saturated carbocycles. The summed E-state index contributed by atoms with van der Waals surface area (Å²) < 4.78 is 5.01. The van der Waals surface area contributed by atoms with E-state index in [0.717, 1.165) is 11.1 Å². The second kappa shape index (κ2) is 3.45. The van der Waals surface area contributed by atoms with Crippen LogP contribution in [0.3, 0.4) is 0 Å². The highest BCUT2D eigenvalue weighted by molar-refractivity contribution is 5.56. The maximum absolute atomic E-state index is 8.93. The molecule has 66 valence electrons. The zero-order valence-corrected chi connectivity index (χ0v) is 7.29. The fourth-order valence-corrected chi connectivity index (χ4v) is 1.10. The second-order valence-electron chi connectivity index (χ2n) is 2.68. The number of aliphatic hydroxyl groups is 1. The monoisotopic (exact) mass is 167 g/mol. The number of methoxy groups -OCH3 is 1. The zero-order chi connectivity index (χ0) is 9.14. The maximum Gasteiger partial charge on any atom is 0.142 e. The molecule has 0 aliphatic rings. The number of anilines is 1. The first-order valence-corrected chi connectivity index (χ1v) is 3.73. The fraction of sp³-hybridized carbons (Fsp3) is 0.333. The SMILES string of the molecule is COc1cc(CO)c(C)cc1N. The van der Waals surface area contributed by atoms with Crippen LogP contribution < -0.4 is 10.5 Å². The standard InChI is InChI=1S/C9H13NO2/c1-6-3-8(10)9(12-2)4-7(6)5-11/h3-4,11H,5,10H2,1-2H3. The van der Waals surface area contributed by atoms with E-state index >= 15 is 0 Å². The topological polar surface area (TPSA) is 55.5 Å². The van der Waals surface area contributed by atoms with E-state index in [2.05, 4.69) is 0 Å². The van der Waals surface area contributed by atoms with Crippen molar-refractivity contribution >= 4 is 5.69 Å². The Morgan fingerprint density at radius 1 is 1.50 bits per heavy atom. The van der Waals surface area contributed by atoms with Crippen LogP contribution >= 0.6 is 0 Å². The van der Waals surface area contributed by atoms with E-state index in [-0.39, 0.29) is 6.61 Å². The molecular weight excluding hydrogens is 154 g/mol. The van der Waals surface area contributed by atoms with Crippen molar-refractivity contribution in [3.63, 3.8) is 0 Å². The summed E-state index contributed by atoms with van der Waals surface area (Å²) in [7, 11) is 1.56. The van der Waals surface area contributed by atoms with Crippen LogP contribution in [-0.2, 0) is 6.61 Å². The molecule has 3 heteroatoms. The number of aliphatic hydroxyl groups excluding tert-OH is 1. The lowest BCUT2D eigenvalue weighted by molar-refractivity contribution is 0.280. The predicted octanol–water partition coefficient (Wildman–Crippen LogP) is 1.08. The third-order valence-electron chi connectivity index (χ3n) is 1.86. The molecule has 3 N–H and O–H groups in total. The molecular formula is C9H13NO2. The highest BCUT2D eigenvalue weighted by Gasteiger charge is 2.03. The van der Waals surface area contributed by atoms with Crippen LogP contribution in [0.2, 0.25) is 0 Å². The van der Waals surface area contributed by atoms with E-state index in [1.54, 1.807) is 19.2 Å². The third kappa shape index (κ3) is 1.51. The summed E-state index contributed by atoms with van der Waals surface area (Å²) in [4.78, 5) is 0. The normalized spacial score (nSPS) is 9.92. The fourth-order valence-electron chi connectivity index (χ4n) is 1.10. The van der Waals surface area contributed by atoms with E-state index in [4.69, 9.17) is 15.6 Å². The van der Waals surface area contributed by atoms with Crippen LogP contribution in [-0.4, -0.2) is 12.2 Å². The molecule has 0 aromatic heterocycles. The molecule has 1 rings (SSSR count). The number of rotatable bonds is 2. The van der Waals surface area contributed by atoms with E-state index in [1.165, 1.54) is 0 Å². The van der Waals surface area contributed by atoms with Crippen molar-refractivity contribution in [3.05, 3.63) is 23.3 Å². The summed E-state index contributed by atoms with van der Waals surface area (Å²) in [5.74, 6) is 0.615. The zero-order valence-electron chi connectivity index (χ0n) is 7.29. The molecule has 12 heavy (non-hydrogen) atoms. The molecule has 0 spiro atoms. The molecule has 3 nitrogen and oxygen atoms in total. The van der Waals surface area contributed by atoms with Crippen molar-refractivity contribution in [1.82, 2.24) is 0 Å². The summed E-state index contributed by atoms with van der Waals surface area (Å²) in [5.41, 5.74) is 8.08. The highest BCUT2D eigenvalue weighted by Crippen LogP contribution is 2.25. The van der Waals surface area contributed by atoms with Crippen molar-refractivity contribution in [2.24, 2.45) is 0 Å². The summed E-state index contributed by atoms with van der Waals surface area (Å²) in [5, 5.41) is 8.93. The Balaban J connectivity index is 3.18. The smallest absolute Gasteiger partial charge is 0.142 e. The largest absolute Gasteiger partial charge is 0.495 e. The molecule has 0 atom stereocenters. The van der Waals surface area contributed by atoms with Gasteiger partial charge in [-0.15, -0.1) is 0 Å². The van der Waals surface area contributed by atoms with Crippen molar-refractivity contribution < 1.29 is 9.84 Å². The average molecular weight is 167 g/mol. The van der Waals surface area contributed by atoms with Gasteiger partial charge in [0.15, 0.2) is 0 Å². The van der Waals surface area contributed by atoms with Gasteiger partial charge in [0.2, 0.25) is 0 Å². The van der Waals surface area contributed by atoms with Crippen LogP contribution in [0.25, 0.3) is 0 Å². The maximum atomic E-state index is 8.93. The van der Waals surface area contributed by atoms with Gasteiger partial charge in [-0.1, -0.05) is 0 Å². The van der Waals surface area contributed by atoms with Gasteiger partial charge in [0.25, 0.3) is 0 Å². The van der Waals surface area contributed by atoms with Gasteiger partial charge in [-0.3, -0.25) is 0 Å². The van der Waals surface area contributed by atoms with Crippen LogP contribution in [0.1, 0.15) is 11.1 Å². The van der Waals surface area contributed by atoms with Gasteiger partial charge in [-0.05, 0) is 30.2 Å². The van der Waals surface area contributed by atoms with E-state index < -0.39 is 0 Å². The van der Waals surface area contributed by atoms with Crippen LogP contribution in [0.5, 0.6) is 5.75 Å². The third-order valence-corrected chi connectivity index (χ3v) is 1.86. The summed E-state index contributed by atoms with van der Waals surface area (Å²) in [6.45, 7) is 1.92. The van der Waals surface area contributed by atoms with Crippen molar-refractivity contribution in [1.29, 1.82) is 0 Å². The minimum atomic E-state index is 0.0163. The van der Waals surface area contributed by atoms with Gasteiger partial charge in [0, 0.05) is 0 Å². The molecule has 1 aromatic rings. The number of nitrogens with two attached hydrogens (primary N) is 1. The van der Waals surface area contributed by atoms with Crippen molar-refractivity contribution in [2.45, 2.75) is 13.5 Å². The number of nitrogen functional groups attached to an aromatic ring is 1. The number of benzene rings is 1. The lowest BCUT2D eigenvalue weighted by atomic mass is 10.1. The Bertz CT molecular complexity index is 259. The van der Waals surface area contributed by atoms with Crippen molar-refractivity contribution in [3.8, 4) is 5.75 Å². The summed E-state index contributed by atoms with van der Waals surface area (Å²) in [6.07, 6.45) is 0. The van der Waals surface area contributed by atoms with Crippen LogP contribution in [0, 0.1) is 6.92 Å². The van der Waals surface area contributed by atoms with Gasteiger partial charge in [0.05, 0.1) is 19.4 Å². The number of aryl methyl sites for hydroxylation is 1. The van der Waals surface area contributed by atoms with E-state index in [1.807, 2.05) is 6.92 Å². The Morgan fingerprint density at radius 2 is 2.17 bits per heavy atom. The summed E-state index contributed by atoms with van der Waals surface area (Å²) >= 11 is 0. The lowest BCUT2D eigenvalue weighted by Crippen LogP contribution is -1.96. The minimum Gasteiger partial charge on any atom is -0.495 e. The van der Waals surface area contributed by atoms with Gasteiger partial charge < -0.3 is 15.6 Å². The number of hydrogen-bond acceptors (Lipinski definition) is 3. The predicted molar refractivity (Wildman–Crippen MR) is 48.1 cm³/mol. The molecule has 0 heterocycles. The number of ether oxygens (including phenoxy) is 1. The Hall–Kier alpha value is -1.22. The Morgan fingerprint density at radius 3 is 2.67 bits per heavy atom. The first kappa shape index (κ1) is 8.87. The van der Waals surface area contributed by atoms with Gasteiger partial charge in [-0.25, -0.2) is 0 Å². The molecule has 0 aliphatic carbocycles. The average Bonchev–Trinajstić information content (AvgIpc) is 2.05. The van der Waals surface area contributed by atoms with Gasteiger partial charge >= 0.3 is 0 Å². The molecule has 0 radical (unpaired) electrons. The van der Waals surface area contributed by atoms with Crippen LogP contribution in [0.4, 0.5) is 5.69 Å². The summed E-state index contributed by atoms with van der Waals surface area (Å²) in [6, 6.07) is 3.55. The van der Waals surface area contributed by atoms with Gasteiger partial charge in [-0.2, -0.15) is 0 Å². The minimum absolute atomic E-state index is 0.0163. The van der Waals surface area contributed by atoms with Gasteiger partial charge in [0.1, 0.15) is 5.75 Å². The first-order chi connectivity index (χ1) is 5.69. The Kier molecular flexibility index (Phi) is 2.55. The number of hydrogen-bond donors (Lipinski definition) is 2. The van der Waals surface area contributed by atoms with Crippen molar-refractivity contribution in [2.75, 3.05) is 12.8 Å². The first-order valence-electron chi connectivity index (χ1n) is 3.73. The second-order valence-corrected chi connectivity index (χ2v) is 2.68. The molecule has 0 unspecified atom stereocenters. The highest BCUT2D eigenvalue weighted by atomic mass is 16.5. The molecule has 0 bridgehead atoms. The van der Waals surface area contributed by atoms with Crippen LogP contribution in [0.15, 0.2) is 12.1 Å². The quantitative estimate of drug-likeness (QED) is 0.648. The lowest BCUT2D eigenvalue weighted by Gasteiger charge is -2.08. The molecule has 0 fully saturated rings. The molecule has 0 saturated heterocycles. The molecule has 0 amide bonds. The molecule has 0 aliphatic heterocycles. The Labute approximate surface area is 71.8 Å². The molecule has 1 aromatic carbocycles.